The predicted octanol–water partition coefficient (Wildman–Crippen LogP) is 3.39. The summed E-state index contributed by atoms with van der Waals surface area (Å²) >= 11 is 0. The molecule has 136 valence electrons. The molecule has 1 saturated carbocycles. The Morgan fingerprint density at radius 3 is 2.23 bits per heavy atom. The Hall–Kier alpha value is -2.56. The highest BCUT2D eigenvalue weighted by Gasteiger charge is 2.44. The van der Waals surface area contributed by atoms with E-state index in [1.165, 1.54) is 17.7 Å². The summed E-state index contributed by atoms with van der Waals surface area (Å²) in [6.45, 7) is 3.60. The molecule has 2 aromatic carbocycles. The van der Waals surface area contributed by atoms with Crippen LogP contribution in [0, 0.1) is 5.82 Å². The van der Waals surface area contributed by atoms with Gasteiger partial charge in [0.1, 0.15) is 5.82 Å². The zero-order chi connectivity index (χ0) is 18.0. The molecule has 5 heteroatoms. The molecule has 1 aliphatic carbocycles. The third-order valence-corrected chi connectivity index (χ3v) is 5.58. The molecule has 0 aromatic heterocycles. The topological polar surface area (TPSA) is 35.6 Å². The van der Waals surface area contributed by atoms with Crippen LogP contribution in [-0.2, 0) is 5.41 Å². The summed E-state index contributed by atoms with van der Waals surface area (Å²) in [7, 11) is 0. The second kappa shape index (κ2) is 6.98. The normalized spacial score (nSPS) is 18.5. The molecule has 26 heavy (non-hydrogen) atoms. The number of anilines is 1. The number of nitrogens with one attached hydrogen (secondary N) is 1. The van der Waals surface area contributed by atoms with Crippen LogP contribution in [0.15, 0.2) is 54.6 Å². The first-order chi connectivity index (χ1) is 12.7. The lowest BCUT2D eigenvalue weighted by Crippen LogP contribution is -2.52. The molecule has 1 aliphatic heterocycles. The molecule has 0 unspecified atom stereocenters. The van der Waals surface area contributed by atoms with Crippen LogP contribution < -0.4 is 10.2 Å². The van der Waals surface area contributed by atoms with Crippen LogP contribution in [-0.4, -0.2) is 43.7 Å². The molecule has 1 saturated heterocycles. The van der Waals surface area contributed by atoms with E-state index in [2.05, 4.69) is 34.5 Å². The van der Waals surface area contributed by atoms with Gasteiger partial charge in [-0.3, -0.25) is 0 Å². The van der Waals surface area contributed by atoms with Crippen LogP contribution in [0.2, 0.25) is 0 Å². The zero-order valence-electron chi connectivity index (χ0n) is 14.8. The number of hydrogen-bond donors (Lipinski definition) is 1. The quantitative estimate of drug-likeness (QED) is 0.915. The highest BCUT2D eigenvalue weighted by atomic mass is 19.1. The Balaban J connectivity index is 1.28. The molecule has 0 radical (unpaired) electrons. The Labute approximate surface area is 153 Å². The molecule has 4 nitrogen and oxygen atoms in total. The number of halogens is 1. The van der Waals surface area contributed by atoms with Gasteiger partial charge >= 0.3 is 6.03 Å². The maximum Gasteiger partial charge on any atom is 0.317 e. The van der Waals surface area contributed by atoms with Gasteiger partial charge in [0, 0.05) is 43.8 Å². The number of amides is 2. The largest absolute Gasteiger partial charge is 0.368 e. The minimum absolute atomic E-state index is 0.0194. The molecule has 0 atom stereocenters. The van der Waals surface area contributed by atoms with E-state index in [-0.39, 0.29) is 17.3 Å². The van der Waals surface area contributed by atoms with Gasteiger partial charge in [-0.05, 0) is 42.7 Å². The van der Waals surface area contributed by atoms with Gasteiger partial charge in [0.05, 0.1) is 0 Å². The highest BCUT2D eigenvalue weighted by molar-refractivity contribution is 5.75. The minimum atomic E-state index is -0.223. The van der Waals surface area contributed by atoms with Crippen molar-refractivity contribution in [3.8, 4) is 0 Å². The van der Waals surface area contributed by atoms with Crippen LogP contribution in [0.5, 0.6) is 0 Å². The lowest BCUT2D eigenvalue weighted by Gasteiger charge is -2.36. The molecule has 1 heterocycles. The summed E-state index contributed by atoms with van der Waals surface area (Å²) in [6, 6.07) is 17.0. The summed E-state index contributed by atoms with van der Waals surface area (Å²) in [5.74, 6) is -0.223. The SMILES string of the molecule is O=C(NCC1(c2ccccc2)CC1)N1CCN(c2ccc(F)cc2)CC1. The molecule has 2 aliphatic rings. The van der Waals surface area contributed by atoms with Crippen molar-refractivity contribution < 1.29 is 9.18 Å². The van der Waals surface area contributed by atoms with Crippen molar-refractivity contribution in [1.29, 1.82) is 0 Å². The molecule has 0 spiro atoms. The van der Waals surface area contributed by atoms with Crippen molar-refractivity contribution in [3.05, 3.63) is 66.0 Å². The van der Waals surface area contributed by atoms with Gasteiger partial charge in [0.25, 0.3) is 0 Å². The third-order valence-electron chi connectivity index (χ3n) is 5.58. The van der Waals surface area contributed by atoms with E-state index in [4.69, 9.17) is 0 Å². The van der Waals surface area contributed by atoms with Crippen LogP contribution in [0.3, 0.4) is 0 Å². The first-order valence-corrected chi connectivity index (χ1v) is 9.25. The summed E-state index contributed by atoms with van der Waals surface area (Å²) in [5, 5.41) is 3.13. The molecular formula is C21H24FN3O. The van der Waals surface area contributed by atoms with Crippen molar-refractivity contribution in [3.63, 3.8) is 0 Å². The lowest BCUT2D eigenvalue weighted by molar-refractivity contribution is 0.193. The van der Waals surface area contributed by atoms with Crippen molar-refractivity contribution in [2.75, 3.05) is 37.6 Å². The summed E-state index contributed by atoms with van der Waals surface area (Å²) in [6.07, 6.45) is 2.27. The van der Waals surface area contributed by atoms with E-state index in [1.54, 1.807) is 12.1 Å². The molecule has 2 aromatic rings. The van der Waals surface area contributed by atoms with Crippen molar-refractivity contribution >= 4 is 11.7 Å². The fourth-order valence-corrected chi connectivity index (χ4v) is 3.69. The van der Waals surface area contributed by atoms with Crippen LogP contribution >= 0.6 is 0 Å². The van der Waals surface area contributed by atoms with Gasteiger partial charge < -0.3 is 15.1 Å². The van der Waals surface area contributed by atoms with Crippen LogP contribution in [0.1, 0.15) is 18.4 Å². The molecule has 2 fully saturated rings. The number of urea groups is 1. The first kappa shape index (κ1) is 16.9. The lowest BCUT2D eigenvalue weighted by atomic mass is 9.96. The minimum Gasteiger partial charge on any atom is -0.368 e. The molecular weight excluding hydrogens is 329 g/mol. The van der Waals surface area contributed by atoms with Gasteiger partial charge in [-0.25, -0.2) is 9.18 Å². The van der Waals surface area contributed by atoms with Crippen LogP contribution in [0.25, 0.3) is 0 Å². The fourth-order valence-electron chi connectivity index (χ4n) is 3.69. The smallest absolute Gasteiger partial charge is 0.317 e. The van der Waals surface area contributed by atoms with Crippen molar-refractivity contribution in [2.24, 2.45) is 0 Å². The monoisotopic (exact) mass is 353 g/mol. The van der Waals surface area contributed by atoms with Gasteiger partial charge in [-0.1, -0.05) is 30.3 Å². The molecule has 1 N–H and O–H groups in total. The van der Waals surface area contributed by atoms with Gasteiger partial charge in [0.15, 0.2) is 0 Å². The standard InChI is InChI=1S/C21H24FN3O/c22-18-6-8-19(9-7-18)24-12-14-25(15-13-24)20(26)23-16-21(10-11-21)17-4-2-1-3-5-17/h1-9H,10-16H2,(H,23,26). The number of hydrogen-bond acceptors (Lipinski definition) is 2. The number of nitrogens with zero attached hydrogens (tertiary/aromatic N) is 2. The molecule has 2 amide bonds. The molecule has 4 rings (SSSR count). The summed E-state index contributed by atoms with van der Waals surface area (Å²) < 4.78 is 13.1. The van der Waals surface area contributed by atoms with E-state index >= 15 is 0 Å². The summed E-state index contributed by atoms with van der Waals surface area (Å²) in [4.78, 5) is 16.6. The third kappa shape index (κ3) is 3.52. The van der Waals surface area contributed by atoms with Crippen LogP contribution in [0.4, 0.5) is 14.9 Å². The zero-order valence-corrected chi connectivity index (χ0v) is 14.8. The maximum atomic E-state index is 13.1. The molecule has 0 bridgehead atoms. The summed E-state index contributed by atoms with van der Waals surface area (Å²) in [5.41, 5.74) is 2.46. The number of carbonyl (C=O) groups is 1. The number of rotatable bonds is 4. The maximum absolute atomic E-state index is 13.1. The number of carbonyl (C=O) groups excluding carboxylic acids is 1. The number of benzene rings is 2. The van der Waals surface area contributed by atoms with E-state index in [0.29, 0.717) is 19.6 Å². The van der Waals surface area contributed by atoms with Crippen molar-refractivity contribution in [2.45, 2.75) is 18.3 Å². The fraction of sp³-hybridized carbons (Fsp3) is 0.381. The Morgan fingerprint density at radius 1 is 0.962 bits per heavy atom. The Kier molecular flexibility index (Phi) is 4.53. The van der Waals surface area contributed by atoms with Gasteiger partial charge in [-0.2, -0.15) is 0 Å². The highest BCUT2D eigenvalue weighted by Crippen LogP contribution is 2.47. The second-order valence-electron chi connectivity index (χ2n) is 7.26. The van der Waals surface area contributed by atoms with Crippen molar-refractivity contribution in [1.82, 2.24) is 10.2 Å². The van der Waals surface area contributed by atoms with E-state index in [0.717, 1.165) is 31.6 Å². The average molecular weight is 353 g/mol. The Morgan fingerprint density at radius 2 is 1.62 bits per heavy atom. The van der Waals surface area contributed by atoms with E-state index in [9.17, 15) is 9.18 Å². The average Bonchev–Trinajstić information content (AvgIpc) is 3.49. The Bertz CT molecular complexity index is 751. The van der Waals surface area contributed by atoms with Gasteiger partial charge in [-0.15, -0.1) is 0 Å². The van der Waals surface area contributed by atoms with E-state index < -0.39 is 0 Å². The first-order valence-electron chi connectivity index (χ1n) is 9.25. The predicted molar refractivity (Wildman–Crippen MR) is 101 cm³/mol. The van der Waals surface area contributed by atoms with Gasteiger partial charge in [0.2, 0.25) is 0 Å². The number of piperazine rings is 1. The second-order valence-corrected chi connectivity index (χ2v) is 7.26. The van der Waals surface area contributed by atoms with E-state index in [1.807, 2.05) is 11.0 Å².